The summed E-state index contributed by atoms with van der Waals surface area (Å²) in [5, 5.41) is 0. The third-order valence-electron chi connectivity index (χ3n) is 9.32. The quantitative estimate of drug-likeness (QED) is 0.207. The molecule has 0 saturated heterocycles. The van der Waals surface area contributed by atoms with E-state index in [1.54, 1.807) is 6.26 Å². The number of nitrogens with zero attached hydrogens (tertiary/aromatic N) is 4. The van der Waals surface area contributed by atoms with Crippen LogP contribution in [0.3, 0.4) is 0 Å². The predicted octanol–water partition coefficient (Wildman–Crippen LogP) is 11.5. The van der Waals surface area contributed by atoms with Gasteiger partial charge in [0.05, 0.1) is 12.9 Å². The predicted molar refractivity (Wildman–Crippen MR) is 210 cm³/mol. The molecule has 3 heterocycles. The number of rotatable bonds is 12. The zero-order valence-electron chi connectivity index (χ0n) is 35.1. The molecule has 2 aromatic heterocycles. The second kappa shape index (κ2) is 19.2. The Bertz CT molecular complexity index is 1070. The van der Waals surface area contributed by atoms with Gasteiger partial charge < -0.3 is 24.7 Å². The summed E-state index contributed by atoms with van der Waals surface area (Å²) in [7, 11) is 0. The molecule has 2 aromatic rings. The minimum atomic E-state index is 0. The van der Waals surface area contributed by atoms with Crippen LogP contribution in [-0.4, -0.2) is 54.3 Å². The van der Waals surface area contributed by atoms with Gasteiger partial charge in [-0.2, -0.15) is 0 Å². The Kier molecular flexibility index (Phi) is 18.9. The second-order valence-electron chi connectivity index (χ2n) is 18.6. The summed E-state index contributed by atoms with van der Waals surface area (Å²) in [6.45, 7) is 41.7. The van der Waals surface area contributed by atoms with Crippen molar-refractivity contribution in [3.8, 4) is 0 Å². The monoisotopic (exact) mass is 693 g/mol. The fourth-order valence-electron chi connectivity index (χ4n) is 6.56. The van der Waals surface area contributed by atoms with Gasteiger partial charge in [-0.1, -0.05) is 185 Å². The summed E-state index contributed by atoms with van der Waals surface area (Å²) >= 11 is 0. The van der Waals surface area contributed by atoms with Crippen molar-refractivity contribution in [3.63, 3.8) is 0 Å². The van der Waals surface area contributed by atoms with E-state index in [1.165, 1.54) is 48.5 Å². The van der Waals surface area contributed by atoms with E-state index < -0.39 is 0 Å². The molecule has 0 N–H and O–H groups in total. The first-order chi connectivity index (χ1) is 21.4. The maximum absolute atomic E-state index is 5.01. The molecular formula is C42H76CaN4O. The van der Waals surface area contributed by atoms with E-state index in [0.717, 1.165) is 50.4 Å². The zero-order chi connectivity index (χ0) is 36.5. The average Bonchev–Trinajstić information content (AvgIpc) is 3.70. The molecular weight excluding hydrogens is 617 g/mol. The Morgan fingerprint density at radius 1 is 0.542 bits per heavy atom. The molecule has 272 valence electrons. The van der Waals surface area contributed by atoms with Crippen LogP contribution in [-0.2, 0) is 37.2 Å². The van der Waals surface area contributed by atoms with Crippen LogP contribution in [0.4, 0.5) is 0 Å². The minimum absolute atomic E-state index is 0. The van der Waals surface area contributed by atoms with Crippen molar-refractivity contribution in [1.29, 1.82) is 0 Å². The van der Waals surface area contributed by atoms with Crippen LogP contribution < -0.4 is 9.97 Å². The molecule has 48 heavy (non-hydrogen) atoms. The smallest absolute Gasteiger partial charge is 0.501 e. The molecule has 0 saturated carbocycles. The van der Waals surface area contributed by atoms with Crippen LogP contribution >= 0.6 is 0 Å². The third-order valence-corrected chi connectivity index (χ3v) is 9.32. The van der Waals surface area contributed by atoms with Crippen LogP contribution in [0.1, 0.15) is 217 Å². The van der Waals surface area contributed by atoms with Crippen LogP contribution in [0.25, 0.3) is 0 Å². The molecule has 1 aliphatic heterocycles. The van der Waals surface area contributed by atoms with E-state index >= 15 is 0 Å². The van der Waals surface area contributed by atoms with Gasteiger partial charge in [-0.25, -0.2) is 0 Å². The molecule has 0 amide bonds. The minimum Gasteiger partial charge on any atom is -0.501 e. The molecule has 0 aromatic carbocycles. The van der Waals surface area contributed by atoms with Crippen molar-refractivity contribution < 1.29 is 4.74 Å². The molecule has 5 nitrogen and oxygen atoms in total. The molecule has 0 atom stereocenters. The summed E-state index contributed by atoms with van der Waals surface area (Å²) in [5.41, 5.74) is 5.35. The standard InChI is InChI=1S/2C19H35N2.C4H6O.Ca/c2*1-10-12-18(6,7)14-15(19(8,9)13-11-2)21-16(20-14)17(3,4)5;1-2-4-5-3-1;/h2*10-13H2,1-9H3;1,3H,2,4H2;/q2*-1;;+2. The molecule has 0 aliphatic carbocycles. The summed E-state index contributed by atoms with van der Waals surface area (Å²) in [5.74, 6) is 2.00. The molecule has 0 bridgehead atoms. The van der Waals surface area contributed by atoms with Crippen molar-refractivity contribution in [2.24, 2.45) is 0 Å². The van der Waals surface area contributed by atoms with Gasteiger partial charge in [0.2, 0.25) is 0 Å². The summed E-state index contributed by atoms with van der Waals surface area (Å²) in [6, 6.07) is 0. The van der Waals surface area contributed by atoms with Crippen molar-refractivity contribution in [2.45, 2.75) is 215 Å². The van der Waals surface area contributed by atoms with Gasteiger partial charge in [0.15, 0.2) is 0 Å². The molecule has 0 radical (unpaired) electrons. The van der Waals surface area contributed by atoms with Crippen molar-refractivity contribution in [1.82, 2.24) is 19.9 Å². The van der Waals surface area contributed by atoms with Gasteiger partial charge >= 0.3 is 37.7 Å². The number of hydrogen-bond donors (Lipinski definition) is 0. The Balaban J connectivity index is 0.000000786. The van der Waals surface area contributed by atoms with Crippen LogP contribution in [0.5, 0.6) is 0 Å². The molecule has 1 aliphatic rings. The van der Waals surface area contributed by atoms with Crippen molar-refractivity contribution in [2.75, 3.05) is 6.61 Å². The number of hydrogen-bond acceptors (Lipinski definition) is 3. The van der Waals surface area contributed by atoms with E-state index in [0.29, 0.717) is 0 Å². The first-order valence-corrected chi connectivity index (χ1v) is 18.8. The van der Waals surface area contributed by atoms with E-state index in [4.69, 9.17) is 24.7 Å². The van der Waals surface area contributed by atoms with Crippen LogP contribution in [0.2, 0.25) is 0 Å². The van der Waals surface area contributed by atoms with E-state index in [2.05, 4.69) is 125 Å². The van der Waals surface area contributed by atoms with E-state index in [-0.39, 0.29) is 70.2 Å². The first kappa shape index (κ1) is 47.2. The van der Waals surface area contributed by atoms with Gasteiger partial charge in [0.1, 0.15) is 0 Å². The van der Waals surface area contributed by atoms with Crippen LogP contribution in [0, 0.1) is 0 Å². The Morgan fingerprint density at radius 3 is 1.06 bits per heavy atom. The largest absolute Gasteiger partial charge is 2.00 e. The molecule has 6 heteroatoms. The van der Waals surface area contributed by atoms with Crippen molar-refractivity contribution >= 4 is 37.7 Å². The maximum atomic E-state index is 5.01. The second-order valence-corrected chi connectivity index (χ2v) is 18.6. The maximum Gasteiger partial charge on any atom is 2.00 e. The topological polar surface area (TPSA) is 63.2 Å². The van der Waals surface area contributed by atoms with Gasteiger partial charge in [-0.3, -0.25) is 0 Å². The molecule has 0 fully saturated rings. The fraction of sp³-hybridized carbons (Fsp3) is 0.810. The van der Waals surface area contributed by atoms with Gasteiger partial charge in [-0.05, 0) is 64.2 Å². The fourth-order valence-corrected chi connectivity index (χ4v) is 6.56. The Morgan fingerprint density at radius 2 is 0.854 bits per heavy atom. The number of ether oxygens (including phenoxy) is 1. The summed E-state index contributed by atoms with van der Waals surface area (Å²) < 4.78 is 4.76. The molecule has 3 rings (SSSR count). The molecule has 0 unspecified atom stereocenters. The third kappa shape index (κ3) is 13.7. The van der Waals surface area contributed by atoms with Crippen LogP contribution in [0.15, 0.2) is 12.3 Å². The number of aromatic nitrogens is 4. The summed E-state index contributed by atoms with van der Waals surface area (Å²) in [6.07, 6.45) is 14.2. The van der Waals surface area contributed by atoms with Gasteiger partial charge in [-0.15, -0.1) is 0 Å². The van der Waals surface area contributed by atoms with Crippen molar-refractivity contribution in [3.05, 3.63) is 46.8 Å². The molecule has 0 spiro atoms. The van der Waals surface area contributed by atoms with E-state index in [1.807, 2.05) is 6.08 Å². The van der Waals surface area contributed by atoms with Gasteiger partial charge in [0, 0.05) is 6.42 Å². The SMILES string of the molecule is C1=COCC1.CCCC(C)(C)c1nc(C(C)(C)C)[n-]c1C(C)(C)CCC.CCCC(C)(C)c1nc(C(C)(C)C)[n-]c1C(C)(C)CCC.[Ca+2]. The first-order valence-electron chi connectivity index (χ1n) is 18.8. The van der Waals surface area contributed by atoms with Gasteiger partial charge in [0.25, 0.3) is 0 Å². The Labute approximate surface area is 328 Å². The normalized spacial score (nSPS) is 14.0. The summed E-state index contributed by atoms with van der Waals surface area (Å²) in [4.78, 5) is 20.0. The Hall–Kier alpha value is -0.780. The van der Waals surface area contributed by atoms with E-state index in [9.17, 15) is 0 Å². The average molecular weight is 693 g/mol. The number of imidazole rings is 2. The zero-order valence-corrected chi connectivity index (χ0v) is 37.3.